The van der Waals surface area contributed by atoms with Gasteiger partial charge in [0.2, 0.25) is 5.91 Å². The van der Waals surface area contributed by atoms with Crippen molar-refractivity contribution in [3.05, 3.63) is 66.2 Å². The Bertz CT molecular complexity index is 1630. The van der Waals surface area contributed by atoms with Crippen LogP contribution in [0.4, 0.5) is 10.1 Å². The van der Waals surface area contributed by atoms with Gasteiger partial charge in [-0.3, -0.25) is 4.79 Å². The van der Waals surface area contributed by atoms with E-state index in [1.807, 2.05) is 30.5 Å². The number of hydrogen-bond donors (Lipinski definition) is 1. The Morgan fingerprint density at radius 2 is 1.63 bits per heavy atom. The van der Waals surface area contributed by atoms with E-state index in [1.54, 1.807) is 16.8 Å². The maximum absolute atomic E-state index is 13.7. The fourth-order valence-corrected chi connectivity index (χ4v) is 7.81. The summed E-state index contributed by atoms with van der Waals surface area (Å²) in [7, 11) is -2.97. The summed E-state index contributed by atoms with van der Waals surface area (Å²) in [4.78, 5) is 15.7. The van der Waals surface area contributed by atoms with Crippen LogP contribution < -0.4 is 10.2 Å². The molecule has 4 aliphatic rings. The smallest absolute Gasteiger partial charge is 0.225 e. The lowest BCUT2D eigenvalue weighted by atomic mass is 9.75. The van der Waals surface area contributed by atoms with Crippen LogP contribution in [0.25, 0.3) is 16.8 Å². The average molecular weight is 574 g/mol. The topological polar surface area (TPSA) is 108 Å². The Morgan fingerprint density at radius 3 is 2.29 bits per heavy atom. The third-order valence-electron chi connectivity index (χ3n) is 9.40. The second-order valence-electron chi connectivity index (χ2n) is 12.2. The van der Waals surface area contributed by atoms with Crippen molar-refractivity contribution in [3.63, 3.8) is 0 Å². The van der Waals surface area contributed by atoms with Crippen molar-refractivity contribution in [2.45, 2.75) is 43.6 Å². The molecule has 1 amide bonds. The number of nitrogens with one attached hydrogen (secondary N) is 1. The van der Waals surface area contributed by atoms with Crippen molar-refractivity contribution in [1.29, 1.82) is 5.26 Å². The van der Waals surface area contributed by atoms with Gasteiger partial charge in [0.05, 0.1) is 29.0 Å². The van der Waals surface area contributed by atoms with Gasteiger partial charge in [-0.05, 0) is 85.9 Å². The van der Waals surface area contributed by atoms with E-state index in [9.17, 15) is 22.9 Å². The van der Waals surface area contributed by atoms with Gasteiger partial charge in [-0.2, -0.15) is 10.4 Å². The summed E-state index contributed by atoms with van der Waals surface area (Å²) < 4.78 is 39.2. The summed E-state index contributed by atoms with van der Waals surface area (Å²) in [5.41, 5.74) is 3.70. The number of carbonyl (C=O) groups excluding carboxylic acids is 1. The van der Waals surface area contributed by atoms with Gasteiger partial charge in [-0.15, -0.1) is 0 Å². The molecule has 41 heavy (non-hydrogen) atoms. The van der Waals surface area contributed by atoms with Crippen LogP contribution in [0.5, 0.6) is 0 Å². The first-order chi connectivity index (χ1) is 19.7. The molecule has 4 atom stereocenters. The standard InChI is InChI=1S/C31H32FN5O3S/c32-23-3-7-25(8-4-23)37-18-28(20-1-5-24(6-2-20)36-11-13-41(39,40)14-12-36)29(35-37)26-16-21-15-22(21)17-27(26)30(38)34-31(19-33)9-10-31/h1-8,18,21-22,26-27H,9-17H2,(H,34,38)/t21-,22+,26-,27-/m1/s1. The summed E-state index contributed by atoms with van der Waals surface area (Å²) in [5.74, 6) is 0.695. The molecule has 3 aliphatic carbocycles. The van der Waals surface area contributed by atoms with E-state index in [2.05, 4.69) is 16.3 Å². The number of benzene rings is 2. The number of anilines is 1. The monoisotopic (exact) mass is 573 g/mol. The summed E-state index contributed by atoms with van der Waals surface area (Å²) >= 11 is 0. The molecule has 7 rings (SSSR count). The Morgan fingerprint density at radius 1 is 0.976 bits per heavy atom. The normalized spacial score (nSPS) is 27.4. The van der Waals surface area contributed by atoms with E-state index in [0.29, 0.717) is 37.8 Å². The molecular weight excluding hydrogens is 541 g/mol. The van der Waals surface area contributed by atoms with Crippen molar-refractivity contribution in [2.75, 3.05) is 29.5 Å². The second kappa shape index (κ2) is 9.69. The fourth-order valence-electron chi connectivity index (χ4n) is 6.61. The van der Waals surface area contributed by atoms with E-state index in [-0.39, 0.29) is 35.1 Å². The fraction of sp³-hybridized carbons (Fsp3) is 0.452. The first-order valence-corrected chi connectivity index (χ1v) is 16.2. The molecule has 1 saturated heterocycles. The van der Waals surface area contributed by atoms with Gasteiger partial charge in [-0.1, -0.05) is 12.1 Å². The Labute approximate surface area is 239 Å². The van der Waals surface area contributed by atoms with Crippen LogP contribution in [0.15, 0.2) is 54.7 Å². The molecule has 1 N–H and O–H groups in total. The van der Waals surface area contributed by atoms with E-state index < -0.39 is 15.4 Å². The largest absolute Gasteiger partial charge is 0.369 e. The van der Waals surface area contributed by atoms with Gasteiger partial charge in [-0.25, -0.2) is 17.5 Å². The lowest BCUT2D eigenvalue weighted by Crippen LogP contribution is -2.43. The SMILES string of the molecule is N#CC1(NC(=O)[C@@H]2C[C@@H]3C[C@@H]3C[C@H]2c2nn(-c3ccc(F)cc3)cc2-c2ccc(N3CCS(=O)(=O)CC3)cc2)CC1. The molecule has 0 unspecified atom stereocenters. The van der Waals surface area contributed by atoms with Gasteiger partial charge in [0.1, 0.15) is 11.4 Å². The molecular formula is C31H32FN5O3S. The van der Waals surface area contributed by atoms with E-state index in [1.165, 1.54) is 12.1 Å². The van der Waals surface area contributed by atoms with Gasteiger partial charge in [0.25, 0.3) is 0 Å². The van der Waals surface area contributed by atoms with Crippen molar-refractivity contribution in [1.82, 2.24) is 15.1 Å². The first-order valence-electron chi connectivity index (χ1n) is 14.4. The lowest BCUT2D eigenvalue weighted by molar-refractivity contribution is -0.127. The zero-order valence-electron chi connectivity index (χ0n) is 22.7. The summed E-state index contributed by atoms with van der Waals surface area (Å²) in [5, 5.41) is 17.7. The summed E-state index contributed by atoms with van der Waals surface area (Å²) in [6.45, 7) is 0.947. The molecule has 3 aromatic rings. The van der Waals surface area contributed by atoms with E-state index in [0.717, 1.165) is 47.5 Å². The number of rotatable bonds is 6. The van der Waals surface area contributed by atoms with Crippen LogP contribution in [0.3, 0.4) is 0 Å². The zero-order chi connectivity index (χ0) is 28.4. The highest BCUT2D eigenvalue weighted by Gasteiger charge is 2.52. The molecule has 4 fully saturated rings. The Balaban J connectivity index is 1.24. The Kier molecular flexibility index (Phi) is 6.19. The second-order valence-corrected chi connectivity index (χ2v) is 14.5. The molecule has 2 heterocycles. The molecule has 0 radical (unpaired) electrons. The quantitative estimate of drug-likeness (QED) is 0.473. The molecule has 10 heteroatoms. The molecule has 1 aliphatic heterocycles. The van der Waals surface area contributed by atoms with E-state index >= 15 is 0 Å². The number of nitrogens with zero attached hydrogens (tertiary/aromatic N) is 4. The third-order valence-corrected chi connectivity index (χ3v) is 11.0. The van der Waals surface area contributed by atoms with Crippen LogP contribution in [-0.4, -0.2) is 54.2 Å². The number of halogens is 1. The maximum atomic E-state index is 13.7. The minimum atomic E-state index is -2.97. The highest BCUT2D eigenvalue weighted by molar-refractivity contribution is 7.91. The number of hydrogen-bond acceptors (Lipinski definition) is 6. The van der Waals surface area contributed by atoms with Crippen molar-refractivity contribution in [2.24, 2.45) is 17.8 Å². The van der Waals surface area contributed by atoms with Crippen molar-refractivity contribution in [3.8, 4) is 22.9 Å². The van der Waals surface area contributed by atoms with E-state index in [4.69, 9.17) is 5.10 Å². The molecule has 0 spiro atoms. The molecule has 0 bridgehead atoms. The molecule has 1 aromatic heterocycles. The average Bonchev–Trinajstić information content (AvgIpc) is 3.88. The summed E-state index contributed by atoms with van der Waals surface area (Å²) in [6, 6.07) is 16.6. The molecule has 2 aromatic carbocycles. The van der Waals surface area contributed by atoms with Crippen molar-refractivity contribution < 1.29 is 17.6 Å². The number of aromatic nitrogens is 2. The number of nitriles is 1. The number of amides is 1. The van der Waals surface area contributed by atoms with Gasteiger partial charge < -0.3 is 10.2 Å². The molecule has 8 nitrogen and oxygen atoms in total. The van der Waals surface area contributed by atoms with Crippen LogP contribution in [0, 0.1) is 34.9 Å². The van der Waals surface area contributed by atoms with Gasteiger partial charge >= 0.3 is 0 Å². The van der Waals surface area contributed by atoms with Crippen LogP contribution in [0.1, 0.15) is 43.7 Å². The Hall–Kier alpha value is -3.71. The zero-order valence-corrected chi connectivity index (χ0v) is 23.5. The highest BCUT2D eigenvalue weighted by atomic mass is 32.2. The minimum absolute atomic E-state index is 0.0583. The number of sulfone groups is 1. The predicted octanol–water partition coefficient (Wildman–Crippen LogP) is 4.22. The van der Waals surface area contributed by atoms with Gasteiger partial charge in [0, 0.05) is 42.4 Å². The number of carbonyl (C=O) groups is 1. The number of fused-ring (bicyclic) bond motifs is 1. The summed E-state index contributed by atoms with van der Waals surface area (Å²) in [6.07, 6.45) is 6.13. The van der Waals surface area contributed by atoms with Crippen LogP contribution in [-0.2, 0) is 14.6 Å². The van der Waals surface area contributed by atoms with Gasteiger partial charge in [0.15, 0.2) is 9.84 Å². The van der Waals surface area contributed by atoms with Crippen molar-refractivity contribution >= 4 is 21.4 Å². The molecule has 212 valence electrons. The third kappa shape index (κ3) is 5.12. The predicted molar refractivity (Wildman–Crippen MR) is 153 cm³/mol. The maximum Gasteiger partial charge on any atom is 0.225 e. The first kappa shape index (κ1) is 26.2. The molecule has 3 saturated carbocycles. The lowest BCUT2D eigenvalue weighted by Gasteiger charge is -2.31. The minimum Gasteiger partial charge on any atom is -0.369 e. The van der Waals surface area contributed by atoms with Crippen LogP contribution in [0.2, 0.25) is 0 Å². The highest BCUT2D eigenvalue weighted by Crippen LogP contribution is 2.57. The van der Waals surface area contributed by atoms with Crippen LogP contribution >= 0.6 is 0 Å².